The lowest BCUT2D eigenvalue weighted by Gasteiger charge is -2.10. The van der Waals surface area contributed by atoms with Gasteiger partial charge in [-0.2, -0.15) is 5.10 Å². The molecule has 0 radical (unpaired) electrons. The van der Waals surface area contributed by atoms with Gasteiger partial charge in [0, 0.05) is 19.0 Å². The number of fused-ring (bicyclic) bond motifs is 1. The Morgan fingerprint density at radius 2 is 2.04 bits per heavy atom. The molecule has 1 aliphatic rings. The Balaban J connectivity index is 1.56. The first-order valence-electron chi connectivity index (χ1n) is 7.98. The average Bonchev–Trinajstić information content (AvgIpc) is 3.30. The van der Waals surface area contributed by atoms with Gasteiger partial charge in [0.15, 0.2) is 5.84 Å². The molecule has 0 spiro atoms. The molecule has 1 aromatic carbocycles. The number of aromatic nitrogens is 1. The van der Waals surface area contributed by atoms with Gasteiger partial charge < -0.3 is 10.0 Å². The lowest BCUT2D eigenvalue weighted by atomic mass is 10.2. The number of thiazole rings is 1. The van der Waals surface area contributed by atoms with Crippen molar-refractivity contribution < 1.29 is 5.11 Å². The number of hydrogen-bond donors (Lipinski definition) is 2. The second kappa shape index (κ2) is 6.54. The predicted molar refractivity (Wildman–Crippen MR) is 110 cm³/mol. The molecule has 4 rings (SSSR count). The summed E-state index contributed by atoms with van der Waals surface area (Å²) in [7, 11) is 3.99. The average molecular weight is 384 g/mol. The lowest BCUT2D eigenvalue weighted by molar-refractivity contribution is 0.358. The molecule has 0 atom stereocenters. The van der Waals surface area contributed by atoms with Gasteiger partial charge in [-0.25, -0.2) is 9.99 Å². The molecule has 0 unspecified atom stereocenters. The Morgan fingerprint density at radius 1 is 1.23 bits per heavy atom. The van der Waals surface area contributed by atoms with Crippen LogP contribution in [0.1, 0.15) is 9.88 Å². The van der Waals surface area contributed by atoms with Gasteiger partial charge in [-0.1, -0.05) is 12.1 Å². The molecular weight excluding hydrogens is 366 g/mol. The molecule has 2 aromatic heterocycles. The molecule has 0 saturated heterocycles. The zero-order valence-electron chi connectivity index (χ0n) is 14.3. The van der Waals surface area contributed by atoms with Gasteiger partial charge in [0.25, 0.3) is 0 Å². The van der Waals surface area contributed by atoms with Gasteiger partial charge in [-0.05, 0) is 24.3 Å². The third-order valence-corrected chi connectivity index (χ3v) is 6.21. The fourth-order valence-corrected chi connectivity index (χ4v) is 4.48. The van der Waals surface area contributed by atoms with Crippen LogP contribution < -0.4 is 4.90 Å². The van der Waals surface area contributed by atoms with Crippen LogP contribution in [0.15, 0.2) is 47.3 Å². The number of anilines is 1. The van der Waals surface area contributed by atoms with E-state index in [9.17, 15) is 5.11 Å². The fraction of sp³-hybridized carbons (Fsp3) is 0.167. The number of nitrogens with zero attached hydrogens (tertiary/aromatic N) is 4. The maximum atomic E-state index is 10.4. The highest BCUT2D eigenvalue weighted by Crippen LogP contribution is 2.33. The van der Waals surface area contributed by atoms with Crippen molar-refractivity contribution in [3.8, 4) is 0 Å². The van der Waals surface area contributed by atoms with Crippen molar-refractivity contribution in [2.24, 2.45) is 5.10 Å². The summed E-state index contributed by atoms with van der Waals surface area (Å²) in [5.41, 5.74) is 1.33. The summed E-state index contributed by atoms with van der Waals surface area (Å²) < 4.78 is 1.03. The van der Waals surface area contributed by atoms with Crippen LogP contribution in [-0.4, -0.2) is 47.8 Å². The molecular formula is C18H17N5OS2. The fourth-order valence-electron chi connectivity index (χ4n) is 2.65. The van der Waals surface area contributed by atoms with Crippen LogP contribution in [0.4, 0.5) is 5.00 Å². The number of hydrogen-bond acceptors (Lipinski definition) is 7. The summed E-state index contributed by atoms with van der Waals surface area (Å²) in [5, 5.41) is 26.4. The first-order chi connectivity index (χ1) is 12.5. The summed E-state index contributed by atoms with van der Waals surface area (Å²) in [5.74, 6) is 0.300. The zero-order valence-corrected chi connectivity index (χ0v) is 15.9. The van der Waals surface area contributed by atoms with Gasteiger partial charge in [0.2, 0.25) is 0 Å². The predicted octanol–water partition coefficient (Wildman–Crippen LogP) is 4.02. The quantitative estimate of drug-likeness (QED) is 0.667. The summed E-state index contributed by atoms with van der Waals surface area (Å²) in [4.78, 5) is 7.58. The van der Waals surface area contributed by atoms with E-state index >= 15 is 0 Å². The summed E-state index contributed by atoms with van der Waals surface area (Å²) >= 11 is 3.09. The summed E-state index contributed by atoms with van der Waals surface area (Å²) in [6.07, 6.45) is 1.72. The summed E-state index contributed by atoms with van der Waals surface area (Å²) in [6, 6.07) is 11.8. The van der Waals surface area contributed by atoms with Crippen molar-refractivity contribution in [2.75, 3.05) is 25.5 Å². The molecule has 3 heterocycles. The second-order valence-corrected chi connectivity index (χ2v) is 8.15. The van der Waals surface area contributed by atoms with E-state index in [-0.39, 0.29) is 18.1 Å². The van der Waals surface area contributed by atoms with Crippen molar-refractivity contribution in [3.05, 3.63) is 52.0 Å². The van der Waals surface area contributed by atoms with Crippen LogP contribution >= 0.6 is 22.7 Å². The molecule has 0 fully saturated rings. The third kappa shape index (κ3) is 2.97. The SMILES string of the molecule is CN(C)c1ccc(C=NN2CC(O)=C(c3nc4ccccc4s3)C2=N)s1. The van der Waals surface area contributed by atoms with E-state index < -0.39 is 0 Å². The smallest absolute Gasteiger partial charge is 0.155 e. The monoisotopic (exact) mass is 383 g/mol. The van der Waals surface area contributed by atoms with E-state index in [1.807, 2.05) is 55.4 Å². The highest BCUT2D eigenvalue weighted by molar-refractivity contribution is 7.19. The molecule has 0 aliphatic carbocycles. The Morgan fingerprint density at radius 3 is 2.77 bits per heavy atom. The number of aliphatic hydroxyl groups excluding tert-OH is 1. The molecule has 8 heteroatoms. The van der Waals surface area contributed by atoms with E-state index in [2.05, 4.69) is 10.1 Å². The van der Waals surface area contributed by atoms with Gasteiger partial charge in [-0.15, -0.1) is 22.7 Å². The van der Waals surface area contributed by atoms with Crippen LogP contribution in [0.2, 0.25) is 0 Å². The number of aliphatic hydroxyl groups is 1. The number of para-hydroxylation sites is 1. The Kier molecular flexibility index (Phi) is 4.21. The largest absolute Gasteiger partial charge is 0.509 e. The van der Waals surface area contributed by atoms with Crippen molar-refractivity contribution >= 4 is 55.5 Å². The van der Waals surface area contributed by atoms with Gasteiger partial charge >= 0.3 is 0 Å². The molecule has 26 heavy (non-hydrogen) atoms. The van der Waals surface area contributed by atoms with Crippen molar-refractivity contribution in [2.45, 2.75) is 0 Å². The molecule has 0 amide bonds. The molecule has 132 valence electrons. The van der Waals surface area contributed by atoms with E-state index in [0.29, 0.717) is 10.6 Å². The normalized spacial score (nSPS) is 15.0. The molecule has 0 bridgehead atoms. The van der Waals surface area contributed by atoms with Crippen molar-refractivity contribution in [1.82, 2.24) is 9.99 Å². The van der Waals surface area contributed by atoms with Gasteiger partial charge in [-0.3, -0.25) is 5.41 Å². The van der Waals surface area contributed by atoms with Crippen LogP contribution in [-0.2, 0) is 0 Å². The first-order valence-corrected chi connectivity index (χ1v) is 9.62. The second-order valence-electron chi connectivity index (χ2n) is 6.03. The zero-order chi connectivity index (χ0) is 18.3. The number of hydrazone groups is 1. The minimum absolute atomic E-state index is 0.131. The van der Waals surface area contributed by atoms with E-state index in [1.165, 1.54) is 16.3 Å². The van der Waals surface area contributed by atoms with Crippen LogP contribution in [0, 0.1) is 5.41 Å². The summed E-state index contributed by atoms with van der Waals surface area (Å²) in [6.45, 7) is 0.187. The molecule has 1 aliphatic heterocycles. The standard InChI is InChI=1S/C18H17N5OS2/c1-22(2)15-8-7-11(25-15)9-20-23-10-13(24)16(17(23)19)18-21-12-5-3-4-6-14(12)26-18/h3-9,19,24H,10H2,1-2H3. The highest BCUT2D eigenvalue weighted by atomic mass is 32.1. The first kappa shape index (κ1) is 16.7. The van der Waals surface area contributed by atoms with E-state index in [1.54, 1.807) is 17.6 Å². The number of benzene rings is 1. The molecule has 2 N–H and O–H groups in total. The number of rotatable bonds is 4. The van der Waals surface area contributed by atoms with Crippen LogP contribution in [0.25, 0.3) is 15.8 Å². The Labute approximate surface area is 158 Å². The minimum Gasteiger partial charge on any atom is -0.509 e. The van der Waals surface area contributed by atoms with Crippen molar-refractivity contribution in [1.29, 1.82) is 5.41 Å². The minimum atomic E-state index is 0.131. The number of nitrogens with one attached hydrogen (secondary N) is 1. The Bertz CT molecular complexity index is 1010. The third-order valence-electron chi connectivity index (χ3n) is 3.97. The van der Waals surface area contributed by atoms with E-state index in [4.69, 9.17) is 5.41 Å². The molecule has 3 aromatic rings. The van der Waals surface area contributed by atoms with Gasteiger partial charge in [0.1, 0.15) is 17.3 Å². The topological polar surface area (TPSA) is 75.8 Å². The van der Waals surface area contributed by atoms with Gasteiger partial charge in [0.05, 0.1) is 27.0 Å². The van der Waals surface area contributed by atoms with Crippen LogP contribution in [0.5, 0.6) is 0 Å². The van der Waals surface area contributed by atoms with E-state index in [0.717, 1.165) is 20.1 Å². The highest BCUT2D eigenvalue weighted by Gasteiger charge is 2.30. The Hall–Kier alpha value is -2.71. The van der Waals surface area contributed by atoms with Crippen LogP contribution in [0.3, 0.4) is 0 Å². The maximum absolute atomic E-state index is 10.4. The van der Waals surface area contributed by atoms with Crippen molar-refractivity contribution in [3.63, 3.8) is 0 Å². The number of thiophene rings is 1. The maximum Gasteiger partial charge on any atom is 0.155 e. The number of amidine groups is 1. The molecule has 0 saturated carbocycles. The molecule has 6 nitrogen and oxygen atoms in total. The lowest BCUT2D eigenvalue weighted by Crippen LogP contribution is -2.20.